The fourth-order valence-corrected chi connectivity index (χ4v) is 4.08. The fraction of sp³-hybridized carbons (Fsp3) is 0.368. The van der Waals surface area contributed by atoms with Gasteiger partial charge in [-0.25, -0.2) is 12.7 Å². The van der Waals surface area contributed by atoms with E-state index in [-0.39, 0.29) is 11.1 Å². The van der Waals surface area contributed by atoms with Crippen LogP contribution in [-0.2, 0) is 23.0 Å². The Morgan fingerprint density at radius 3 is 2.72 bits per heavy atom. The molecule has 1 aromatic heterocycles. The number of nitrogens with zero attached hydrogens (tertiary/aromatic N) is 2. The van der Waals surface area contributed by atoms with Gasteiger partial charge in [0.05, 0.1) is 13.1 Å². The van der Waals surface area contributed by atoms with E-state index in [4.69, 9.17) is 10.8 Å². The van der Waals surface area contributed by atoms with Crippen LogP contribution in [0.5, 0.6) is 0 Å². The van der Waals surface area contributed by atoms with Crippen LogP contribution in [0.1, 0.15) is 29.3 Å². The van der Waals surface area contributed by atoms with E-state index in [0.717, 1.165) is 17.1 Å². The number of rotatable bonds is 6. The molecule has 2 aromatic rings. The van der Waals surface area contributed by atoms with Gasteiger partial charge < -0.3 is 4.42 Å². The number of hydrogen-bond donors (Lipinski definition) is 0. The van der Waals surface area contributed by atoms with Crippen LogP contribution in [0.25, 0.3) is 0 Å². The summed E-state index contributed by atoms with van der Waals surface area (Å²) in [5, 5.41) is -0.0417. The van der Waals surface area contributed by atoms with E-state index in [2.05, 4.69) is 29.0 Å². The molecule has 0 spiro atoms. The lowest BCUT2D eigenvalue weighted by molar-refractivity contribution is 0.192. The number of fused-ring (bicyclic) bond motifs is 1. The predicted octanol–water partition coefficient (Wildman–Crippen LogP) is 2.65. The SMILES string of the molecule is C#CCN(Cc1ccc(S(=O)(=O)N(C)C)o1)C1CCc2ccccc21. The fourth-order valence-electron chi connectivity index (χ4n) is 3.27. The Bertz CT molecular complexity index is 893. The molecule has 1 heterocycles. The zero-order valence-electron chi connectivity index (χ0n) is 14.5. The number of aryl methyl sites for hydroxylation is 1. The standard InChI is InChI=1S/C19H22N2O3S/c1-4-13-21(18-11-9-15-7-5-6-8-17(15)18)14-16-10-12-19(24-16)25(22,23)20(2)3/h1,5-8,10,12,18H,9,11,13-14H2,2-3H3. The number of benzene rings is 1. The number of furan rings is 1. The molecule has 1 aromatic carbocycles. The van der Waals surface area contributed by atoms with Crippen molar-refractivity contribution in [3.05, 3.63) is 53.3 Å². The minimum Gasteiger partial charge on any atom is -0.447 e. The summed E-state index contributed by atoms with van der Waals surface area (Å²) < 4.78 is 31.1. The third kappa shape index (κ3) is 3.49. The lowest BCUT2D eigenvalue weighted by atomic mass is 10.1. The molecule has 0 amide bonds. The molecule has 0 fully saturated rings. The van der Waals surface area contributed by atoms with E-state index < -0.39 is 10.0 Å². The zero-order chi connectivity index (χ0) is 18.0. The monoisotopic (exact) mass is 358 g/mol. The first-order chi connectivity index (χ1) is 11.9. The second-order valence-electron chi connectivity index (χ2n) is 6.37. The molecule has 0 N–H and O–H groups in total. The first kappa shape index (κ1) is 17.7. The van der Waals surface area contributed by atoms with Crippen LogP contribution in [0.3, 0.4) is 0 Å². The summed E-state index contributed by atoms with van der Waals surface area (Å²) in [6.45, 7) is 0.960. The van der Waals surface area contributed by atoms with Crippen molar-refractivity contribution in [1.29, 1.82) is 0 Å². The molecule has 1 aliphatic carbocycles. The summed E-state index contributed by atoms with van der Waals surface area (Å²) in [5.74, 6) is 3.31. The van der Waals surface area contributed by atoms with E-state index >= 15 is 0 Å². The third-order valence-corrected chi connectivity index (χ3v) is 6.26. The number of hydrogen-bond acceptors (Lipinski definition) is 4. The molecule has 25 heavy (non-hydrogen) atoms. The number of sulfonamides is 1. The summed E-state index contributed by atoms with van der Waals surface area (Å²) in [7, 11) is -0.596. The van der Waals surface area contributed by atoms with E-state index in [0.29, 0.717) is 18.8 Å². The van der Waals surface area contributed by atoms with Crippen molar-refractivity contribution >= 4 is 10.0 Å². The molecule has 1 unspecified atom stereocenters. The lowest BCUT2D eigenvalue weighted by Crippen LogP contribution is -2.27. The maximum absolute atomic E-state index is 12.2. The molecule has 3 rings (SSSR count). The van der Waals surface area contributed by atoms with Crippen LogP contribution in [-0.4, -0.2) is 38.3 Å². The summed E-state index contributed by atoms with van der Waals surface area (Å²) in [5.41, 5.74) is 2.65. The van der Waals surface area contributed by atoms with Crippen molar-refractivity contribution in [2.75, 3.05) is 20.6 Å². The minimum atomic E-state index is -3.56. The molecular formula is C19H22N2O3S. The topological polar surface area (TPSA) is 53.8 Å². The molecule has 1 aliphatic rings. The molecular weight excluding hydrogens is 336 g/mol. The van der Waals surface area contributed by atoms with Crippen LogP contribution in [0, 0.1) is 12.3 Å². The maximum Gasteiger partial charge on any atom is 0.275 e. The van der Waals surface area contributed by atoms with Gasteiger partial charge >= 0.3 is 0 Å². The first-order valence-electron chi connectivity index (χ1n) is 8.20. The highest BCUT2D eigenvalue weighted by molar-refractivity contribution is 7.88. The van der Waals surface area contributed by atoms with Gasteiger partial charge in [-0.05, 0) is 36.1 Å². The second-order valence-corrected chi connectivity index (χ2v) is 8.45. The van der Waals surface area contributed by atoms with Gasteiger partial charge in [-0.3, -0.25) is 4.90 Å². The predicted molar refractivity (Wildman–Crippen MR) is 96.3 cm³/mol. The molecule has 0 aliphatic heterocycles. The largest absolute Gasteiger partial charge is 0.447 e. The highest BCUT2D eigenvalue weighted by atomic mass is 32.2. The smallest absolute Gasteiger partial charge is 0.275 e. The van der Waals surface area contributed by atoms with Gasteiger partial charge in [-0.15, -0.1) is 6.42 Å². The zero-order valence-corrected chi connectivity index (χ0v) is 15.3. The maximum atomic E-state index is 12.2. The van der Waals surface area contributed by atoms with Gasteiger partial charge in [-0.2, -0.15) is 0 Å². The normalized spacial score (nSPS) is 17.0. The Labute approximate surface area is 149 Å². The van der Waals surface area contributed by atoms with Crippen molar-refractivity contribution in [3.63, 3.8) is 0 Å². The molecule has 1 atom stereocenters. The minimum absolute atomic E-state index is 0.0417. The lowest BCUT2D eigenvalue weighted by Gasteiger charge is -2.26. The van der Waals surface area contributed by atoms with Crippen LogP contribution in [0.15, 0.2) is 45.9 Å². The highest BCUT2D eigenvalue weighted by Gasteiger charge is 2.28. The molecule has 6 heteroatoms. The number of terminal acetylenes is 1. The van der Waals surface area contributed by atoms with Gasteiger partial charge in [-0.1, -0.05) is 30.2 Å². The van der Waals surface area contributed by atoms with Gasteiger partial charge in [0.1, 0.15) is 5.76 Å². The van der Waals surface area contributed by atoms with Crippen LogP contribution >= 0.6 is 0 Å². The molecule has 0 saturated carbocycles. The van der Waals surface area contributed by atoms with Crippen molar-refractivity contribution in [3.8, 4) is 12.3 Å². The molecule has 0 saturated heterocycles. The third-order valence-electron chi connectivity index (χ3n) is 4.57. The van der Waals surface area contributed by atoms with E-state index in [1.807, 2.05) is 6.07 Å². The van der Waals surface area contributed by atoms with Crippen molar-refractivity contribution < 1.29 is 12.8 Å². The summed E-state index contributed by atoms with van der Waals surface area (Å²) in [6, 6.07) is 11.8. The first-order valence-corrected chi connectivity index (χ1v) is 9.64. The molecule has 5 nitrogen and oxygen atoms in total. The Kier molecular flexibility index (Phi) is 5.00. The van der Waals surface area contributed by atoms with Crippen molar-refractivity contribution in [2.24, 2.45) is 0 Å². The van der Waals surface area contributed by atoms with Crippen molar-refractivity contribution in [1.82, 2.24) is 9.21 Å². The Balaban J connectivity index is 1.83. The summed E-state index contributed by atoms with van der Waals surface area (Å²) in [6.07, 6.45) is 7.59. The molecule has 0 bridgehead atoms. The second kappa shape index (κ2) is 7.04. The highest BCUT2D eigenvalue weighted by Crippen LogP contribution is 2.36. The molecule has 0 radical (unpaired) electrons. The Hall–Kier alpha value is -2.07. The van der Waals surface area contributed by atoms with E-state index in [1.54, 1.807) is 6.07 Å². The van der Waals surface area contributed by atoms with Crippen LogP contribution in [0.4, 0.5) is 0 Å². The van der Waals surface area contributed by atoms with E-state index in [9.17, 15) is 8.42 Å². The summed E-state index contributed by atoms with van der Waals surface area (Å²) in [4.78, 5) is 2.16. The molecule has 132 valence electrons. The van der Waals surface area contributed by atoms with Crippen molar-refractivity contribution in [2.45, 2.75) is 30.5 Å². The van der Waals surface area contributed by atoms with Crippen LogP contribution in [0.2, 0.25) is 0 Å². The van der Waals surface area contributed by atoms with Crippen LogP contribution < -0.4 is 0 Å². The van der Waals surface area contributed by atoms with E-state index in [1.165, 1.54) is 31.3 Å². The van der Waals surface area contributed by atoms with Gasteiger partial charge in [0, 0.05) is 20.1 Å². The van der Waals surface area contributed by atoms with Gasteiger partial charge in [0.15, 0.2) is 0 Å². The summed E-state index contributed by atoms with van der Waals surface area (Å²) >= 11 is 0. The average molecular weight is 358 g/mol. The van der Waals surface area contributed by atoms with Gasteiger partial charge in [0.2, 0.25) is 5.09 Å². The quantitative estimate of drug-likeness (QED) is 0.745. The van der Waals surface area contributed by atoms with Gasteiger partial charge in [0.25, 0.3) is 10.0 Å². The Morgan fingerprint density at radius 2 is 2.00 bits per heavy atom. The Morgan fingerprint density at radius 1 is 1.24 bits per heavy atom. The average Bonchev–Trinajstić information content (AvgIpc) is 3.21.